The maximum absolute atomic E-state index is 12.3. The highest BCUT2D eigenvalue weighted by Gasteiger charge is 2.24. The molecule has 23 heavy (non-hydrogen) atoms. The number of carboxylic acids is 1. The molecule has 0 saturated carbocycles. The molecule has 0 radical (unpaired) electrons. The Hall–Kier alpha value is -2.28. The standard InChI is InChI=1S/C16H17NO5S/c1-11-2-4-14(5-3-11)23(21,22)7-6-15(18)12-8-13(16(19)20)10-17-9-12/h2-4,8-10,14H,5-7H2,1H3,(H,19,20). The molecular weight excluding hydrogens is 318 g/mol. The minimum Gasteiger partial charge on any atom is -0.478 e. The number of nitrogens with zero attached hydrogens (tertiary/aromatic N) is 1. The third kappa shape index (κ3) is 4.35. The van der Waals surface area contributed by atoms with Crippen LogP contribution in [-0.4, -0.2) is 41.3 Å². The van der Waals surface area contributed by atoms with Gasteiger partial charge in [-0.15, -0.1) is 0 Å². The van der Waals surface area contributed by atoms with Crippen LogP contribution in [0.15, 0.2) is 42.3 Å². The third-order valence-corrected chi connectivity index (χ3v) is 5.67. The number of carbonyl (C=O) groups excluding carboxylic acids is 1. The third-order valence-electron chi connectivity index (χ3n) is 3.63. The van der Waals surface area contributed by atoms with Crippen LogP contribution in [0.1, 0.15) is 40.5 Å². The van der Waals surface area contributed by atoms with E-state index in [2.05, 4.69) is 4.98 Å². The quantitative estimate of drug-likeness (QED) is 0.798. The summed E-state index contributed by atoms with van der Waals surface area (Å²) >= 11 is 0. The lowest BCUT2D eigenvalue weighted by molar-refractivity contribution is 0.0696. The summed E-state index contributed by atoms with van der Waals surface area (Å²) in [6.07, 6.45) is 7.85. The van der Waals surface area contributed by atoms with Crippen molar-refractivity contribution in [2.75, 3.05) is 5.75 Å². The molecule has 1 aromatic rings. The van der Waals surface area contributed by atoms with Gasteiger partial charge in [-0.3, -0.25) is 9.78 Å². The Morgan fingerprint density at radius 2 is 2.00 bits per heavy atom. The van der Waals surface area contributed by atoms with Crippen molar-refractivity contribution in [3.8, 4) is 0 Å². The van der Waals surface area contributed by atoms with E-state index in [1.165, 1.54) is 12.3 Å². The maximum Gasteiger partial charge on any atom is 0.337 e. The molecule has 1 unspecified atom stereocenters. The molecule has 1 N–H and O–H groups in total. The summed E-state index contributed by atoms with van der Waals surface area (Å²) in [5, 5.41) is 8.27. The van der Waals surface area contributed by atoms with Gasteiger partial charge in [-0.1, -0.05) is 23.8 Å². The topological polar surface area (TPSA) is 101 Å². The number of pyridine rings is 1. The van der Waals surface area contributed by atoms with Crippen molar-refractivity contribution in [1.82, 2.24) is 4.98 Å². The zero-order valence-electron chi connectivity index (χ0n) is 12.6. The fraction of sp³-hybridized carbons (Fsp3) is 0.312. The van der Waals surface area contributed by atoms with Crippen LogP contribution in [-0.2, 0) is 9.84 Å². The van der Waals surface area contributed by atoms with Gasteiger partial charge in [-0.25, -0.2) is 13.2 Å². The van der Waals surface area contributed by atoms with E-state index in [1.54, 1.807) is 12.2 Å². The molecule has 1 atom stereocenters. The maximum atomic E-state index is 12.3. The minimum atomic E-state index is -3.43. The number of sulfone groups is 1. The van der Waals surface area contributed by atoms with Gasteiger partial charge in [0.2, 0.25) is 0 Å². The average molecular weight is 335 g/mol. The lowest BCUT2D eigenvalue weighted by Crippen LogP contribution is -2.24. The number of aromatic nitrogens is 1. The van der Waals surface area contributed by atoms with Crippen molar-refractivity contribution in [2.24, 2.45) is 0 Å². The van der Waals surface area contributed by atoms with Crippen molar-refractivity contribution in [3.05, 3.63) is 53.4 Å². The van der Waals surface area contributed by atoms with Gasteiger partial charge >= 0.3 is 5.97 Å². The van der Waals surface area contributed by atoms with Crippen molar-refractivity contribution in [3.63, 3.8) is 0 Å². The molecule has 2 rings (SSSR count). The van der Waals surface area contributed by atoms with Gasteiger partial charge < -0.3 is 5.11 Å². The fourth-order valence-corrected chi connectivity index (χ4v) is 3.69. The summed E-state index contributed by atoms with van der Waals surface area (Å²) in [7, 11) is -3.43. The zero-order chi connectivity index (χ0) is 17.0. The van der Waals surface area contributed by atoms with E-state index in [9.17, 15) is 18.0 Å². The van der Waals surface area contributed by atoms with Crippen LogP contribution in [0.25, 0.3) is 0 Å². The number of rotatable bonds is 6. The molecule has 0 fully saturated rings. The van der Waals surface area contributed by atoms with Gasteiger partial charge in [0, 0.05) is 24.4 Å². The van der Waals surface area contributed by atoms with Gasteiger partial charge in [0.1, 0.15) is 0 Å². The number of hydrogen-bond acceptors (Lipinski definition) is 5. The van der Waals surface area contributed by atoms with Gasteiger partial charge in [-0.2, -0.15) is 0 Å². The molecular formula is C16H17NO5S. The first kappa shape index (κ1) is 17.1. The SMILES string of the molecule is CC1=CCC(S(=O)(=O)CCC(=O)c2cncc(C(=O)O)c2)C=C1. The summed E-state index contributed by atoms with van der Waals surface area (Å²) in [6, 6.07) is 1.21. The normalized spacial score (nSPS) is 17.6. The summed E-state index contributed by atoms with van der Waals surface area (Å²) in [4.78, 5) is 26.6. The molecule has 0 spiro atoms. The Balaban J connectivity index is 2.03. The number of carbonyl (C=O) groups is 2. The van der Waals surface area contributed by atoms with Gasteiger partial charge in [-0.05, 0) is 19.4 Å². The lowest BCUT2D eigenvalue weighted by atomic mass is 10.1. The van der Waals surface area contributed by atoms with E-state index >= 15 is 0 Å². The number of ketones is 1. The second-order valence-electron chi connectivity index (χ2n) is 5.39. The molecule has 0 aromatic carbocycles. The molecule has 1 aliphatic carbocycles. The first-order valence-corrected chi connectivity index (χ1v) is 8.79. The summed E-state index contributed by atoms with van der Waals surface area (Å²) < 4.78 is 24.5. The predicted molar refractivity (Wildman–Crippen MR) is 85.2 cm³/mol. The smallest absolute Gasteiger partial charge is 0.337 e. The lowest BCUT2D eigenvalue weighted by Gasteiger charge is -2.15. The van der Waals surface area contributed by atoms with Gasteiger partial charge in [0.15, 0.2) is 15.6 Å². The highest BCUT2D eigenvalue weighted by atomic mass is 32.2. The molecule has 1 heterocycles. The molecule has 1 aromatic heterocycles. The molecule has 7 heteroatoms. The Bertz CT molecular complexity index is 792. The number of allylic oxidation sites excluding steroid dienone is 3. The molecule has 0 amide bonds. The fourth-order valence-electron chi connectivity index (χ4n) is 2.21. The second kappa shape index (κ2) is 6.87. The summed E-state index contributed by atoms with van der Waals surface area (Å²) in [5.41, 5.74) is 1.02. The largest absolute Gasteiger partial charge is 0.478 e. The van der Waals surface area contributed by atoms with E-state index < -0.39 is 26.8 Å². The van der Waals surface area contributed by atoms with Gasteiger partial charge in [0.05, 0.1) is 16.6 Å². The Morgan fingerprint density at radius 1 is 1.30 bits per heavy atom. The van der Waals surface area contributed by atoms with Crippen LogP contribution in [0.2, 0.25) is 0 Å². The van der Waals surface area contributed by atoms with Crippen LogP contribution in [0.5, 0.6) is 0 Å². The van der Waals surface area contributed by atoms with E-state index in [1.807, 2.05) is 13.0 Å². The van der Waals surface area contributed by atoms with Gasteiger partial charge in [0.25, 0.3) is 0 Å². The molecule has 0 saturated heterocycles. The van der Waals surface area contributed by atoms with Crippen LogP contribution in [0.3, 0.4) is 0 Å². The molecule has 6 nitrogen and oxygen atoms in total. The Kier molecular flexibility index (Phi) is 5.10. The number of carboxylic acid groups (broad SMARTS) is 1. The van der Waals surface area contributed by atoms with E-state index in [-0.39, 0.29) is 23.3 Å². The predicted octanol–water partition coefficient (Wildman–Crippen LogP) is 2.04. The molecule has 0 aliphatic heterocycles. The monoisotopic (exact) mass is 335 g/mol. The Labute approximate surface area is 134 Å². The Morgan fingerprint density at radius 3 is 2.61 bits per heavy atom. The zero-order valence-corrected chi connectivity index (χ0v) is 13.4. The van der Waals surface area contributed by atoms with Crippen molar-refractivity contribution in [2.45, 2.75) is 25.0 Å². The molecule has 122 valence electrons. The second-order valence-corrected chi connectivity index (χ2v) is 7.73. The first-order chi connectivity index (χ1) is 10.8. The highest BCUT2D eigenvalue weighted by molar-refractivity contribution is 7.92. The minimum absolute atomic E-state index is 0.102. The van der Waals surface area contributed by atoms with E-state index in [0.29, 0.717) is 6.42 Å². The van der Waals surface area contributed by atoms with E-state index in [0.717, 1.165) is 11.8 Å². The van der Waals surface area contributed by atoms with E-state index in [4.69, 9.17) is 5.11 Å². The van der Waals surface area contributed by atoms with Crippen molar-refractivity contribution >= 4 is 21.6 Å². The molecule has 1 aliphatic rings. The first-order valence-electron chi connectivity index (χ1n) is 7.07. The van der Waals surface area contributed by atoms with Crippen LogP contribution in [0.4, 0.5) is 0 Å². The number of Topliss-reactive ketones (excluding diaryl/α,β-unsaturated/α-hetero) is 1. The van der Waals surface area contributed by atoms with Crippen LogP contribution >= 0.6 is 0 Å². The van der Waals surface area contributed by atoms with Crippen molar-refractivity contribution in [1.29, 1.82) is 0 Å². The number of hydrogen-bond donors (Lipinski definition) is 1. The molecule has 0 bridgehead atoms. The van der Waals surface area contributed by atoms with Crippen LogP contribution < -0.4 is 0 Å². The average Bonchev–Trinajstić information content (AvgIpc) is 2.53. The van der Waals surface area contributed by atoms with Crippen LogP contribution in [0, 0.1) is 0 Å². The number of aromatic carboxylic acids is 1. The highest BCUT2D eigenvalue weighted by Crippen LogP contribution is 2.18. The summed E-state index contributed by atoms with van der Waals surface area (Å²) in [6.45, 7) is 1.89. The van der Waals surface area contributed by atoms with Crippen molar-refractivity contribution < 1.29 is 23.1 Å². The summed E-state index contributed by atoms with van der Waals surface area (Å²) in [5.74, 6) is -1.89.